The third-order valence-corrected chi connectivity index (χ3v) is 8.22. The fraction of sp³-hybridized carbons (Fsp3) is 0.400. The van der Waals surface area contributed by atoms with Gasteiger partial charge in [-0.15, -0.1) is 0 Å². The van der Waals surface area contributed by atoms with E-state index in [4.69, 9.17) is 4.74 Å². The Kier molecular flexibility index (Phi) is 6.75. The van der Waals surface area contributed by atoms with E-state index in [1.807, 2.05) is 44.2 Å². The molecule has 1 aliphatic heterocycles. The molecule has 0 aliphatic carbocycles. The Morgan fingerprint density at radius 3 is 1.97 bits per heavy atom. The molecule has 0 radical (unpaired) electrons. The zero-order chi connectivity index (χ0) is 21.1. The van der Waals surface area contributed by atoms with Crippen molar-refractivity contribution in [3.05, 3.63) is 60.2 Å². The predicted octanol–water partition coefficient (Wildman–Crippen LogP) is 2.38. The molecule has 9 heteroatoms. The van der Waals surface area contributed by atoms with Gasteiger partial charge in [0.05, 0.1) is 23.0 Å². The van der Waals surface area contributed by atoms with Crippen LogP contribution in [0.4, 0.5) is 0 Å². The Bertz CT molecular complexity index is 1010. The second kappa shape index (κ2) is 8.93. The topological polar surface area (TPSA) is 92.8 Å². The van der Waals surface area contributed by atoms with Crippen molar-refractivity contribution in [3.8, 4) is 0 Å². The third kappa shape index (κ3) is 5.04. The molecule has 2 aromatic carbocycles. The maximum Gasteiger partial charge on any atom is 0.243 e. The minimum Gasteiger partial charge on any atom is -0.379 e. The zero-order valence-corrected chi connectivity index (χ0v) is 18.1. The number of nitrogens with one attached hydrogen (secondary N) is 1. The van der Waals surface area contributed by atoms with Crippen LogP contribution in [0.2, 0.25) is 0 Å². The maximum atomic E-state index is 12.9. The van der Waals surface area contributed by atoms with E-state index in [1.54, 1.807) is 0 Å². The van der Waals surface area contributed by atoms with Gasteiger partial charge in [-0.05, 0) is 35.7 Å². The van der Waals surface area contributed by atoms with Crippen molar-refractivity contribution in [1.82, 2.24) is 9.03 Å². The van der Waals surface area contributed by atoms with Crippen LogP contribution in [0, 0.1) is 5.92 Å². The first-order chi connectivity index (χ1) is 13.7. The second-order valence-electron chi connectivity index (χ2n) is 7.24. The summed E-state index contributed by atoms with van der Waals surface area (Å²) in [5, 5.41) is 0. The number of hydrogen-bond acceptors (Lipinski definition) is 5. The van der Waals surface area contributed by atoms with Crippen molar-refractivity contribution in [2.75, 3.05) is 26.3 Å². The van der Waals surface area contributed by atoms with Gasteiger partial charge >= 0.3 is 0 Å². The molecule has 0 amide bonds. The molecule has 1 N–H and O–H groups in total. The molecule has 0 bridgehead atoms. The summed E-state index contributed by atoms with van der Waals surface area (Å²) in [6.07, 6.45) is 0. The standard InChI is InChI=1S/C20H26N2O5S2/c1-16(2)20(17-6-4-3-5-7-17)21-28(23,24)18-8-10-19(11-9-18)29(25,26)22-12-14-27-15-13-22/h3-11,16,20-21H,12-15H2,1-2H3. The van der Waals surface area contributed by atoms with E-state index >= 15 is 0 Å². The molecule has 2 aromatic rings. The molecule has 7 nitrogen and oxygen atoms in total. The molecular weight excluding hydrogens is 412 g/mol. The number of morpholine rings is 1. The minimum absolute atomic E-state index is 0.0278. The van der Waals surface area contributed by atoms with Crippen molar-refractivity contribution < 1.29 is 21.6 Å². The Morgan fingerprint density at radius 1 is 0.862 bits per heavy atom. The molecule has 0 spiro atoms. The highest BCUT2D eigenvalue weighted by Gasteiger charge is 2.28. The maximum absolute atomic E-state index is 12.9. The van der Waals surface area contributed by atoms with Crippen molar-refractivity contribution in [3.63, 3.8) is 0 Å². The van der Waals surface area contributed by atoms with Crippen molar-refractivity contribution in [2.24, 2.45) is 5.92 Å². The van der Waals surface area contributed by atoms with Gasteiger partial charge < -0.3 is 4.74 Å². The summed E-state index contributed by atoms with van der Waals surface area (Å²) >= 11 is 0. The second-order valence-corrected chi connectivity index (χ2v) is 10.9. The molecule has 3 rings (SSSR count). The van der Waals surface area contributed by atoms with Gasteiger partial charge in [0.15, 0.2) is 0 Å². The van der Waals surface area contributed by atoms with Gasteiger partial charge in [0.1, 0.15) is 0 Å². The first-order valence-corrected chi connectivity index (χ1v) is 12.4. The fourth-order valence-electron chi connectivity index (χ4n) is 3.21. The lowest BCUT2D eigenvalue weighted by molar-refractivity contribution is 0.0730. The van der Waals surface area contributed by atoms with Crippen molar-refractivity contribution in [1.29, 1.82) is 0 Å². The highest BCUT2D eigenvalue weighted by Crippen LogP contribution is 2.25. The van der Waals surface area contributed by atoms with Gasteiger partial charge in [0.25, 0.3) is 0 Å². The normalized spacial score (nSPS) is 17.3. The Morgan fingerprint density at radius 2 is 1.41 bits per heavy atom. The molecule has 1 atom stereocenters. The number of rotatable bonds is 7. The van der Waals surface area contributed by atoms with E-state index in [-0.39, 0.29) is 28.8 Å². The lowest BCUT2D eigenvalue weighted by Crippen LogP contribution is -2.40. The Hall–Kier alpha value is -1.78. The first-order valence-electron chi connectivity index (χ1n) is 9.47. The van der Waals surface area contributed by atoms with Gasteiger partial charge in [-0.1, -0.05) is 44.2 Å². The van der Waals surface area contributed by atoms with Crippen LogP contribution in [-0.4, -0.2) is 47.4 Å². The van der Waals surface area contributed by atoms with Crippen LogP contribution < -0.4 is 4.72 Å². The van der Waals surface area contributed by atoms with E-state index in [0.29, 0.717) is 13.2 Å². The van der Waals surface area contributed by atoms with Crippen molar-refractivity contribution >= 4 is 20.0 Å². The van der Waals surface area contributed by atoms with E-state index in [9.17, 15) is 16.8 Å². The number of nitrogens with zero attached hydrogens (tertiary/aromatic N) is 1. The lowest BCUT2D eigenvalue weighted by atomic mass is 9.97. The monoisotopic (exact) mass is 438 g/mol. The van der Waals surface area contributed by atoms with E-state index < -0.39 is 26.1 Å². The Labute approximate surface area is 172 Å². The predicted molar refractivity (Wildman–Crippen MR) is 110 cm³/mol. The van der Waals surface area contributed by atoms with Gasteiger partial charge in [-0.25, -0.2) is 21.6 Å². The van der Waals surface area contributed by atoms with Crippen LogP contribution in [-0.2, 0) is 24.8 Å². The molecule has 1 fully saturated rings. The van der Waals surface area contributed by atoms with Gasteiger partial charge in [-0.2, -0.15) is 4.31 Å². The van der Waals surface area contributed by atoms with Crippen LogP contribution in [0.1, 0.15) is 25.5 Å². The summed E-state index contributed by atoms with van der Waals surface area (Å²) in [6.45, 7) is 5.17. The van der Waals surface area contributed by atoms with Gasteiger partial charge in [-0.3, -0.25) is 0 Å². The zero-order valence-electron chi connectivity index (χ0n) is 16.5. The molecule has 158 valence electrons. The lowest BCUT2D eigenvalue weighted by Gasteiger charge is -2.26. The average molecular weight is 439 g/mol. The molecule has 0 saturated carbocycles. The summed E-state index contributed by atoms with van der Waals surface area (Å²) in [5.74, 6) is 0.0353. The summed E-state index contributed by atoms with van der Waals surface area (Å²) in [6, 6.07) is 14.3. The SMILES string of the molecule is CC(C)C(NS(=O)(=O)c1ccc(S(=O)(=O)N2CCOCC2)cc1)c1ccccc1. The van der Waals surface area contributed by atoms with Crippen LogP contribution in [0.15, 0.2) is 64.4 Å². The first kappa shape index (κ1) is 21.9. The largest absolute Gasteiger partial charge is 0.379 e. The Balaban J connectivity index is 1.82. The van der Waals surface area contributed by atoms with Gasteiger partial charge in [0.2, 0.25) is 20.0 Å². The molecule has 1 aliphatic rings. The average Bonchev–Trinajstić information content (AvgIpc) is 2.73. The molecule has 1 unspecified atom stereocenters. The van der Waals surface area contributed by atoms with Crippen molar-refractivity contribution in [2.45, 2.75) is 29.7 Å². The summed E-state index contributed by atoms with van der Waals surface area (Å²) in [4.78, 5) is 0.0989. The van der Waals surface area contributed by atoms with Crippen LogP contribution in [0.3, 0.4) is 0 Å². The fourth-order valence-corrected chi connectivity index (χ4v) is 5.99. The number of ether oxygens (including phenoxy) is 1. The van der Waals surface area contributed by atoms with Crippen LogP contribution in [0.25, 0.3) is 0 Å². The van der Waals surface area contributed by atoms with Crippen LogP contribution >= 0.6 is 0 Å². The third-order valence-electron chi connectivity index (χ3n) is 4.85. The van der Waals surface area contributed by atoms with Gasteiger partial charge in [0, 0.05) is 19.1 Å². The number of hydrogen-bond donors (Lipinski definition) is 1. The van der Waals surface area contributed by atoms with Crippen LogP contribution in [0.5, 0.6) is 0 Å². The molecule has 29 heavy (non-hydrogen) atoms. The van der Waals surface area contributed by atoms with E-state index in [1.165, 1.54) is 28.6 Å². The van der Waals surface area contributed by atoms with E-state index in [2.05, 4.69) is 4.72 Å². The highest BCUT2D eigenvalue weighted by molar-refractivity contribution is 7.89. The summed E-state index contributed by atoms with van der Waals surface area (Å²) < 4.78 is 60.5. The number of sulfonamides is 2. The summed E-state index contributed by atoms with van der Waals surface area (Å²) in [7, 11) is -7.48. The molecule has 0 aromatic heterocycles. The molecular formula is C20H26N2O5S2. The summed E-state index contributed by atoms with van der Waals surface area (Å²) in [5.41, 5.74) is 0.873. The quantitative estimate of drug-likeness (QED) is 0.717. The van der Waals surface area contributed by atoms with E-state index in [0.717, 1.165) is 5.56 Å². The molecule has 1 heterocycles. The highest BCUT2D eigenvalue weighted by atomic mass is 32.2. The number of benzene rings is 2. The smallest absolute Gasteiger partial charge is 0.243 e. The minimum atomic E-state index is -3.82. The molecule has 1 saturated heterocycles.